The lowest BCUT2D eigenvalue weighted by molar-refractivity contribution is -0.148. The van der Waals surface area contributed by atoms with Crippen molar-refractivity contribution in [2.24, 2.45) is 0 Å². The number of rotatable bonds is 8. The molecule has 0 saturated carbocycles. The van der Waals surface area contributed by atoms with Crippen molar-refractivity contribution in [1.29, 1.82) is 5.26 Å². The van der Waals surface area contributed by atoms with Gasteiger partial charge < -0.3 is 25.4 Å². The molecule has 1 fully saturated rings. The molecular weight excluding hydrogens is 672 g/mol. The number of halogens is 1. The highest BCUT2D eigenvalue weighted by molar-refractivity contribution is 6.31. The molecule has 1 aliphatic heterocycles. The molecule has 0 spiro atoms. The zero-order valence-electron chi connectivity index (χ0n) is 26.9. The minimum atomic E-state index is -1.10. The van der Waals surface area contributed by atoms with E-state index in [1.54, 1.807) is 72.9 Å². The summed E-state index contributed by atoms with van der Waals surface area (Å²) in [5, 5.41) is 30.0. The second kappa shape index (κ2) is 15.8. The molecule has 0 radical (unpaired) electrons. The standard InChI is InChI=1S/C37H29ClN8O5/c38-27-10-13-32(47)29(20-27)33-26(22-45(44-33)17-14-39)9-6-24-7-11-28(12-8-24)42-36(49)31-23-51-19-18-46(31)37(50)34(25-4-2-1-3-5-25)43-35(48)30-21-40-15-16-41-30/h1-5,7-8,10-13,15-16,20-22,31,34,47H,17-19,23H2,(H,42,49)(H,43,48)/t31?,34-/m1/s1. The minimum absolute atomic E-state index is 0.0100. The number of nitriles is 1. The fourth-order valence-electron chi connectivity index (χ4n) is 5.37. The van der Waals surface area contributed by atoms with Gasteiger partial charge in [-0.3, -0.25) is 24.0 Å². The highest BCUT2D eigenvalue weighted by Gasteiger charge is 2.37. The number of anilines is 1. The van der Waals surface area contributed by atoms with Gasteiger partial charge in [-0.25, -0.2) is 4.98 Å². The second-order valence-electron chi connectivity index (χ2n) is 11.3. The van der Waals surface area contributed by atoms with Crippen LogP contribution in [-0.2, 0) is 20.9 Å². The normalized spacial score (nSPS) is 14.4. The van der Waals surface area contributed by atoms with Gasteiger partial charge in [0.1, 0.15) is 35.8 Å². The summed E-state index contributed by atoms with van der Waals surface area (Å²) < 4.78 is 7.02. The van der Waals surface area contributed by atoms with Crippen LogP contribution in [0.1, 0.15) is 33.2 Å². The number of aromatic hydroxyl groups is 1. The smallest absolute Gasteiger partial charge is 0.272 e. The third kappa shape index (κ3) is 8.20. The summed E-state index contributed by atoms with van der Waals surface area (Å²) in [5.74, 6) is 4.54. The summed E-state index contributed by atoms with van der Waals surface area (Å²) in [6, 6.07) is 20.1. The van der Waals surface area contributed by atoms with Crippen LogP contribution in [0.15, 0.2) is 97.6 Å². The van der Waals surface area contributed by atoms with E-state index in [2.05, 4.69) is 37.5 Å². The fraction of sp³-hybridized carbons (Fsp3) is 0.162. The molecule has 3 heterocycles. The van der Waals surface area contributed by atoms with Crippen molar-refractivity contribution in [3.8, 4) is 34.9 Å². The molecule has 3 amide bonds. The first-order valence-electron chi connectivity index (χ1n) is 15.7. The van der Waals surface area contributed by atoms with Gasteiger partial charge in [-0.05, 0) is 48.0 Å². The second-order valence-corrected chi connectivity index (χ2v) is 11.7. The summed E-state index contributed by atoms with van der Waals surface area (Å²) in [4.78, 5) is 50.0. The Balaban J connectivity index is 1.18. The van der Waals surface area contributed by atoms with Crippen molar-refractivity contribution in [1.82, 2.24) is 30.0 Å². The Morgan fingerprint density at radius 2 is 1.86 bits per heavy atom. The summed E-state index contributed by atoms with van der Waals surface area (Å²) in [6.07, 6.45) is 5.74. The molecular formula is C37H29ClN8O5. The SMILES string of the molecule is N#CCn1cc(C#Cc2ccc(NC(=O)C3COCCN3C(=O)[C@H](NC(=O)c3cnccn3)c3ccccc3)cc2)c(-c2cc(Cl)ccc2O)n1. The van der Waals surface area contributed by atoms with Crippen molar-refractivity contribution in [2.45, 2.75) is 18.6 Å². The number of carbonyl (C=O) groups is 3. The van der Waals surface area contributed by atoms with Crippen LogP contribution in [0, 0.1) is 23.2 Å². The van der Waals surface area contributed by atoms with Crippen LogP contribution in [-0.4, -0.2) is 73.3 Å². The van der Waals surface area contributed by atoms with Gasteiger partial charge in [0.25, 0.3) is 11.8 Å². The van der Waals surface area contributed by atoms with E-state index < -0.39 is 29.8 Å². The van der Waals surface area contributed by atoms with E-state index in [0.717, 1.165) is 0 Å². The van der Waals surface area contributed by atoms with Crippen molar-refractivity contribution in [3.05, 3.63) is 125 Å². The van der Waals surface area contributed by atoms with Gasteiger partial charge >= 0.3 is 0 Å². The molecule has 1 unspecified atom stereocenters. The predicted octanol–water partition coefficient (Wildman–Crippen LogP) is 3.96. The zero-order chi connectivity index (χ0) is 35.7. The van der Waals surface area contributed by atoms with Crippen LogP contribution in [0.25, 0.3) is 11.3 Å². The van der Waals surface area contributed by atoms with Crippen LogP contribution >= 0.6 is 11.6 Å². The maximum atomic E-state index is 14.0. The van der Waals surface area contributed by atoms with Gasteiger partial charge in [-0.2, -0.15) is 10.4 Å². The van der Waals surface area contributed by atoms with Crippen molar-refractivity contribution >= 4 is 35.0 Å². The average molecular weight is 701 g/mol. The highest BCUT2D eigenvalue weighted by Crippen LogP contribution is 2.32. The molecule has 254 valence electrons. The number of aromatic nitrogens is 4. The lowest BCUT2D eigenvalue weighted by atomic mass is 10.0. The molecule has 14 heteroatoms. The summed E-state index contributed by atoms with van der Waals surface area (Å²) in [5.41, 5.74) is 2.89. The van der Waals surface area contributed by atoms with E-state index >= 15 is 0 Å². The van der Waals surface area contributed by atoms with Crippen LogP contribution < -0.4 is 10.6 Å². The Hall–Kier alpha value is -6.54. The van der Waals surface area contributed by atoms with Gasteiger partial charge in [-0.1, -0.05) is 53.8 Å². The Morgan fingerprint density at radius 3 is 2.61 bits per heavy atom. The van der Waals surface area contributed by atoms with Gasteiger partial charge in [0.15, 0.2) is 0 Å². The Kier molecular flexibility index (Phi) is 10.6. The van der Waals surface area contributed by atoms with Crippen LogP contribution in [0.3, 0.4) is 0 Å². The number of benzene rings is 3. The number of hydrogen-bond donors (Lipinski definition) is 3. The van der Waals surface area contributed by atoms with E-state index in [9.17, 15) is 19.5 Å². The number of hydrogen-bond acceptors (Lipinski definition) is 9. The minimum Gasteiger partial charge on any atom is -0.507 e. The largest absolute Gasteiger partial charge is 0.507 e. The van der Waals surface area contributed by atoms with E-state index in [0.29, 0.717) is 38.7 Å². The molecule has 1 aliphatic rings. The van der Waals surface area contributed by atoms with Crippen molar-refractivity contribution in [3.63, 3.8) is 0 Å². The number of nitrogens with one attached hydrogen (secondary N) is 2. The predicted molar refractivity (Wildman–Crippen MR) is 186 cm³/mol. The van der Waals surface area contributed by atoms with E-state index in [4.69, 9.17) is 21.6 Å². The molecule has 13 nitrogen and oxygen atoms in total. The zero-order valence-corrected chi connectivity index (χ0v) is 27.6. The molecule has 2 aromatic heterocycles. The van der Waals surface area contributed by atoms with Crippen molar-refractivity contribution in [2.75, 3.05) is 25.1 Å². The van der Waals surface area contributed by atoms with Crippen LogP contribution in [0.5, 0.6) is 5.75 Å². The molecule has 3 N–H and O–H groups in total. The number of amides is 3. The van der Waals surface area contributed by atoms with Crippen LogP contribution in [0.4, 0.5) is 5.69 Å². The maximum absolute atomic E-state index is 14.0. The maximum Gasteiger partial charge on any atom is 0.272 e. The average Bonchev–Trinajstić information content (AvgIpc) is 3.57. The number of carbonyl (C=O) groups excluding carboxylic acids is 3. The molecule has 0 aliphatic carbocycles. The van der Waals surface area contributed by atoms with E-state index in [-0.39, 0.29) is 37.7 Å². The number of phenols is 1. The Labute approximate surface area is 297 Å². The molecule has 3 aromatic carbocycles. The van der Waals surface area contributed by atoms with Gasteiger partial charge in [0.2, 0.25) is 5.91 Å². The number of phenolic OH excluding ortho intramolecular Hbond substituents is 1. The monoisotopic (exact) mass is 700 g/mol. The molecule has 2 atom stereocenters. The van der Waals surface area contributed by atoms with Crippen molar-refractivity contribution < 1.29 is 24.2 Å². The molecule has 1 saturated heterocycles. The first-order chi connectivity index (χ1) is 24.8. The number of nitrogens with zero attached hydrogens (tertiary/aromatic N) is 6. The molecule has 5 aromatic rings. The van der Waals surface area contributed by atoms with E-state index in [1.807, 2.05) is 6.07 Å². The lowest BCUT2D eigenvalue weighted by Gasteiger charge is -2.37. The summed E-state index contributed by atoms with van der Waals surface area (Å²) in [6.45, 7) is 0.306. The first-order valence-corrected chi connectivity index (χ1v) is 16.0. The summed E-state index contributed by atoms with van der Waals surface area (Å²) in [7, 11) is 0. The molecule has 0 bridgehead atoms. The third-order valence-corrected chi connectivity index (χ3v) is 8.10. The molecule has 6 rings (SSSR count). The van der Waals surface area contributed by atoms with Gasteiger partial charge in [0.05, 0.1) is 31.0 Å². The van der Waals surface area contributed by atoms with Gasteiger partial charge in [0, 0.05) is 47.0 Å². The Morgan fingerprint density at radius 1 is 1.06 bits per heavy atom. The van der Waals surface area contributed by atoms with Crippen LogP contribution in [0.2, 0.25) is 5.02 Å². The fourth-order valence-corrected chi connectivity index (χ4v) is 5.54. The topological polar surface area (TPSA) is 175 Å². The van der Waals surface area contributed by atoms with Gasteiger partial charge in [-0.15, -0.1) is 0 Å². The first kappa shape index (κ1) is 34.3. The van der Waals surface area contributed by atoms with E-state index in [1.165, 1.54) is 34.2 Å². The quantitative estimate of drug-likeness (QED) is 0.202. The Bertz CT molecular complexity index is 2160. The summed E-state index contributed by atoms with van der Waals surface area (Å²) >= 11 is 6.15. The number of ether oxygens (including phenoxy) is 1. The third-order valence-electron chi connectivity index (χ3n) is 7.87. The molecule has 51 heavy (non-hydrogen) atoms. The number of morpholine rings is 1. The highest BCUT2D eigenvalue weighted by atomic mass is 35.5. The lowest BCUT2D eigenvalue weighted by Crippen LogP contribution is -2.57.